The molecule has 4 heteroatoms. The SMILES string of the molecule is CN(C)c1ccc(NC2CCCSC2)nc1. The molecule has 0 radical (unpaired) electrons. The number of nitrogens with one attached hydrogen (secondary N) is 1. The van der Waals surface area contributed by atoms with Crippen LogP contribution in [0.4, 0.5) is 11.5 Å². The Morgan fingerprint density at radius 2 is 2.31 bits per heavy atom. The average molecular weight is 237 g/mol. The van der Waals surface area contributed by atoms with E-state index >= 15 is 0 Å². The van der Waals surface area contributed by atoms with E-state index in [1.165, 1.54) is 24.3 Å². The third-order valence-electron chi connectivity index (χ3n) is 2.78. The largest absolute Gasteiger partial charge is 0.376 e. The second-order valence-electron chi connectivity index (χ2n) is 4.35. The molecule has 2 heterocycles. The molecule has 1 aromatic heterocycles. The lowest BCUT2D eigenvalue weighted by Crippen LogP contribution is -2.26. The molecule has 2 rings (SSSR count). The zero-order valence-electron chi connectivity index (χ0n) is 9.94. The standard InChI is InChI=1S/C12H19N3S/c1-15(2)11-5-6-12(13-8-11)14-10-4-3-7-16-9-10/h5-6,8,10H,3-4,7,9H2,1-2H3,(H,13,14). The summed E-state index contributed by atoms with van der Waals surface area (Å²) in [6, 6.07) is 4.76. The van der Waals surface area contributed by atoms with Crippen LogP contribution in [0.3, 0.4) is 0 Å². The van der Waals surface area contributed by atoms with Gasteiger partial charge in [-0.2, -0.15) is 11.8 Å². The summed E-state index contributed by atoms with van der Waals surface area (Å²) in [5.41, 5.74) is 1.14. The van der Waals surface area contributed by atoms with Crippen LogP contribution in [0.1, 0.15) is 12.8 Å². The van der Waals surface area contributed by atoms with Crippen LogP contribution in [0, 0.1) is 0 Å². The van der Waals surface area contributed by atoms with E-state index in [0.29, 0.717) is 6.04 Å². The fraction of sp³-hybridized carbons (Fsp3) is 0.583. The molecular formula is C12H19N3S. The average Bonchev–Trinajstić information content (AvgIpc) is 2.31. The maximum atomic E-state index is 4.43. The number of rotatable bonds is 3. The molecule has 3 nitrogen and oxygen atoms in total. The van der Waals surface area contributed by atoms with Gasteiger partial charge in [-0.05, 0) is 30.7 Å². The van der Waals surface area contributed by atoms with E-state index in [4.69, 9.17) is 0 Å². The van der Waals surface area contributed by atoms with E-state index in [1.807, 2.05) is 32.1 Å². The van der Waals surface area contributed by atoms with E-state index in [-0.39, 0.29) is 0 Å². The first-order chi connectivity index (χ1) is 7.75. The highest BCUT2D eigenvalue weighted by molar-refractivity contribution is 7.99. The van der Waals surface area contributed by atoms with Gasteiger partial charge < -0.3 is 10.2 Å². The fourth-order valence-electron chi connectivity index (χ4n) is 1.80. The second-order valence-corrected chi connectivity index (χ2v) is 5.50. The number of hydrogen-bond acceptors (Lipinski definition) is 4. The van der Waals surface area contributed by atoms with E-state index in [1.54, 1.807) is 0 Å². The molecule has 1 aromatic rings. The van der Waals surface area contributed by atoms with Crippen molar-refractivity contribution in [3.05, 3.63) is 18.3 Å². The first-order valence-corrected chi connectivity index (χ1v) is 6.89. The zero-order valence-corrected chi connectivity index (χ0v) is 10.8. The predicted molar refractivity (Wildman–Crippen MR) is 72.5 cm³/mol. The molecule has 1 aliphatic rings. The van der Waals surface area contributed by atoms with Gasteiger partial charge in [0.2, 0.25) is 0 Å². The molecule has 0 saturated carbocycles. The number of hydrogen-bond donors (Lipinski definition) is 1. The molecule has 88 valence electrons. The first kappa shape index (κ1) is 11.6. The van der Waals surface area contributed by atoms with E-state index in [2.05, 4.69) is 27.3 Å². The molecule has 16 heavy (non-hydrogen) atoms. The molecule has 1 N–H and O–H groups in total. The predicted octanol–water partition coefficient (Wildman–Crippen LogP) is 2.46. The van der Waals surface area contributed by atoms with E-state index in [0.717, 1.165) is 11.5 Å². The molecule has 1 fully saturated rings. The molecular weight excluding hydrogens is 218 g/mol. The van der Waals surface area contributed by atoms with Crippen molar-refractivity contribution < 1.29 is 0 Å². The molecule has 1 unspecified atom stereocenters. The molecule has 0 aliphatic carbocycles. The zero-order chi connectivity index (χ0) is 11.4. The van der Waals surface area contributed by atoms with Crippen LogP contribution in [0.2, 0.25) is 0 Å². The minimum absolute atomic E-state index is 0.594. The third kappa shape index (κ3) is 3.04. The smallest absolute Gasteiger partial charge is 0.126 e. The van der Waals surface area contributed by atoms with Gasteiger partial charge in [0.05, 0.1) is 11.9 Å². The van der Waals surface area contributed by atoms with Gasteiger partial charge in [0.25, 0.3) is 0 Å². The summed E-state index contributed by atoms with van der Waals surface area (Å²) in [5, 5.41) is 3.50. The quantitative estimate of drug-likeness (QED) is 0.874. The number of pyridine rings is 1. The first-order valence-electron chi connectivity index (χ1n) is 5.73. The van der Waals surface area contributed by atoms with Gasteiger partial charge >= 0.3 is 0 Å². The maximum Gasteiger partial charge on any atom is 0.126 e. The van der Waals surface area contributed by atoms with Crippen molar-refractivity contribution in [3.8, 4) is 0 Å². The Balaban J connectivity index is 1.93. The lowest BCUT2D eigenvalue weighted by Gasteiger charge is -2.23. The number of anilines is 2. The Morgan fingerprint density at radius 1 is 1.44 bits per heavy atom. The van der Waals surface area contributed by atoms with Gasteiger partial charge in [0.1, 0.15) is 5.82 Å². The topological polar surface area (TPSA) is 28.2 Å². The summed E-state index contributed by atoms with van der Waals surface area (Å²) in [6.07, 6.45) is 4.50. The minimum atomic E-state index is 0.594. The molecule has 1 saturated heterocycles. The van der Waals surface area contributed by atoms with Crippen LogP contribution in [0.15, 0.2) is 18.3 Å². The molecule has 1 aliphatic heterocycles. The van der Waals surface area contributed by atoms with Gasteiger partial charge in [-0.25, -0.2) is 4.98 Å². The molecule has 1 atom stereocenters. The highest BCUT2D eigenvalue weighted by atomic mass is 32.2. The lowest BCUT2D eigenvalue weighted by molar-refractivity contribution is 0.682. The van der Waals surface area contributed by atoms with Crippen LogP contribution in [0.5, 0.6) is 0 Å². The maximum absolute atomic E-state index is 4.43. The minimum Gasteiger partial charge on any atom is -0.376 e. The van der Waals surface area contributed by atoms with Gasteiger partial charge in [0, 0.05) is 25.9 Å². The van der Waals surface area contributed by atoms with Crippen LogP contribution >= 0.6 is 11.8 Å². The molecule has 0 spiro atoms. The van der Waals surface area contributed by atoms with Gasteiger partial charge in [-0.3, -0.25) is 0 Å². The van der Waals surface area contributed by atoms with Crippen molar-refractivity contribution in [3.63, 3.8) is 0 Å². The summed E-state index contributed by atoms with van der Waals surface area (Å²) in [4.78, 5) is 6.49. The Hall–Kier alpha value is -0.900. The van der Waals surface area contributed by atoms with E-state index < -0.39 is 0 Å². The van der Waals surface area contributed by atoms with Crippen molar-refractivity contribution in [1.29, 1.82) is 0 Å². The van der Waals surface area contributed by atoms with Crippen molar-refractivity contribution in [2.75, 3.05) is 35.8 Å². The van der Waals surface area contributed by atoms with Crippen molar-refractivity contribution in [2.45, 2.75) is 18.9 Å². The summed E-state index contributed by atoms with van der Waals surface area (Å²) < 4.78 is 0. The van der Waals surface area contributed by atoms with Crippen molar-refractivity contribution in [2.24, 2.45) is 0 Å². The third-order valence-corrected chi connectivity index (χ3v) is 3.99. The number of nitrogens with zero attached hydrogens (tertiary/aromatic N) is 2. The Labute approximate surface area is 102 Å². The van der Waals surface area contributed by atoms with Crippen molar-refractivity contribution >= 4 is 23.3 Å². The van der Waals surface area contributed by atoms with Crippen LogP contribution < -0.4 is 10.2 Å². The number of aromatic nitrogens is 1. The van der Waals surface area contributed by atoms with E-state index in [9.17, 15) is 0 Å². The van der Waals surface area contributed by atoms with Crippen LogP contribution in [-0.4, -0.2) is 36.6 Å². The molecule has 0 bridgehead atoms. The highest BCUT2D eigenvalue weighted by Crippen LogP contribution is 2.20. The van der Waals surface area contributed by atoms with Gasteiger partial charge in [0.15, 0.2) is 0 Å². The van der Waals surface area contributed by atoms with Crippen molar-refractivity contribution in [1.82, 2.24) is 4.98 Å². The molecule has 0 amide bonds. The summed E-state index contributed by atoms with van der Waals surface area (Å²) in [5.74, 6) is 3.51. The van der Waals surface area contributed by atoms with Crippen LogP contribution in [0.25, 0.3) is 0 Å². The Kier molecular flexibility index (Phi) is 3.93. The van der Waals surface area contributed by atoms with Gasteiger partial charge in [-0.15, -0.1) is 0 Å². The summed E-state index contributed by atoms with van der Waals surface area (Å²) >= 11 is 2.03. The van der Waals surface area contributed by atoms with Crippen LogP contribution in [-0.2, 0) is 0 Å². The lowest BCUT2D eigenvalue weighted by atomic mass is 10.2. The summed E-state index contributed by atoms with van der Waals surface area (Å²) in [7, 11) is 4.06. The summed E-state index contributed by atoms with van der Waals surface area (Å²) in [6.45, 7) is 0. The normalized spacial score (nSPS) is 20.5. The Bertz CT molecular complexity index is 318. The fourth-order valence-corrected chi connectivity index (χ4v) is 2.87. The molecule has 0 aromatic carbocycles. The number of thioether (sulfide) groups is 1. The van der Waals surface area contributed by atoms with Gasteiger partial charge in [-0.1, -0.05) is 0 Å². The highest BCUT2D eigenvalue weighted by Gasteiger charge is 2.13. The Morgan fingerprint density at radius 3 is 2.88 bits per heavy atom. The second kappa shape index (κ2) is 5.43. The monoisotopic (exact) mass is 237 g/mol.